The van der Waals surface area contributed by atoms with Crippen LogP contribution in [0, 0.1) is 0 Å². The lowest BCUT2D eigenvalue weighted by molar-refractivity contribution is -0.145. The van der Waals surface area contributed by atoms with Crippen molar-refractivity contribution in [2.75, 3.05) is 0 Å². The van der Waals surface area contributed by atoms with Crippen LogP contribution in [-0.2, 0) is 41.6 Å². The fourth-order valence-electron chi connectivity index (χ4n) is 3.23. The van der Waals surface area contributed by atoms with E-state index in [0.29, 0.717) is 6.42 Å². The zero-order valence-corrected chi connectivity index (χ0v) is 13.9. The molecule has 4 aliphatic rings. The van der Waals surface area contributed by atoms with Crippen molar-refractivity contribution >= 4 is 5.97 Å². The maximum absolute atomic E-state index is 11.2. The summed E-state index contributed by atoms with van der Waals surface area (Å²) < 4.78 is 13.5. The zero-order valence-electron chi connectivity index (χ0n) is 14.9. The minimum atomic E-state index is -1.23. The van der Waals surface area contributed by atoms with Crippen LogP contribution in [0.4, 0.5) is 0 Å². The third-order valence-electron chi connectivity index (χ3n) is 4.44. The molecular formula is C21H24O2. The fourth-order valence-corrected chi connectivity index (χ4v) is 3.23. The van der Waals surface area contributed by atoms with Crippen molar-refractivity contribution in [3.63, 3.8) is 0 Å². The number of carbonyl (C=O) groups excluding carboxylic acids is 1. The molecule has 1 atom stereocenters. The van der Waals surface area contributed by atoms with E-state index < -0.39 is 12.0 Å². The minimum absolute atomic E-state index is 0.404. The molecule has 23 heavy (non-hydrogen) atoms. The molecule has 0 heterocycles. The molecule has 2 nitrogen and oxygen atoms in total. The molecule has 4 bridgehead atoms. The van der Waals surface area contributed by atoms with Gasteiger partial charge >= 0.3 is 5.97 Å². The summed E-state index contributed by atoms with van der Waals surface area (Å²) in [7, 11) is 0. The van der Waals surface area contributed by atoms with Crippen LogP contribution in [0.1, 0.15) is 43.0 Å². The van der Waals surface area contributed by atoms with Gasteiger partial charge in [-0.3, -0.25) is 4.79 Å². The molecule has 120 valence electrons. The Bertz CT molecular complexity index is 732. The van der Waals surface area contributed by atoms with Crippen molar-refractivity contribution in [2.45, 2.75) is 52.0 Å². The molecule has 0 radical (unpaired) electrons. The number of ether oxygens (including phenoxy) is 1. The van der Waals surface area contributed by atoms with Crippen LogP contribution in [0.15, 0.2) is 42.5 Å². The Kier molecular flexibility index (Phi) is 4.41. The molecule has 0 spiro atoms. The molecule has 0 fully saturated rings. The summed E-state index contributed by atoms with van der Waals surface area (Å²) >= 11 is 0. The van der Waals surface area contributed by atoms with E-state index in [1.54, 1.807) is 6.92 Å². The number of carbonyl (C=O) groups is 1. The number of hydrogen-bond donors (Lipinski definition) is 0. The second-order valence-electron chi connectivity index (χ2n) is 6.39. The zero-order chi connectivity index (χ0) is 17.2. The van der Waals surface area contributed by atoms with Crippen LogP contribution in [0.2, 0.25) is 0 Å². The first kappa shape index (κ1) is 14.5. The van der Waals surface area contributed by atoms with Crippen molar-refractivity contribution in [1.29, 1.82) is 0 Å². The number of hydrogen-bond acceptors (Lipinski definition) is 2. The maximum atomic E-state index is 11.2. The molecule has 0 N–H and O–H groups in total. The third-order valence-corrected chi connectivity index (χ3v) is 4.44. The Labute approximate surface area is 139 Å². The topological polar surface area (TPSA) is 26.3 Å². The second kappa shape index (κ2) is 6.99. The van der Waals surface area contributed by atoms with Gasteiger partial charge in [0.05, 0.1) is 1.37 Å². The highest BCUT2D eigenvalue weighted by Crippen LogP contribution is 2.21. The van der Waals surface area contributed by atoms with E-state index >= 15 is 0 Å². The first-order chi connectivity index (χ1) is 11.4. The van der Waals surface area contributed by atoms with Gasteiger partial charge in [0, 0.05) is 13.3 Å². The van der Waals surface area contributed by atoms with Crippen molar-refractivity contribution in [3.8, 4) is 0 Å². The smallest absolute Gasteiger partial charge is 0.302 e. The Hall–Kier alpha value is -2.09. The highest BCUT2D eigenvalue weighted by Gasteiger charge is 2.12. The van der Waals surface area contributed by atoms with Gasteiger partial charge in [-0.25, -0.2) is 0 Å². The van der Waals surface area contributed by atoms with Crippen LogP contribution in [0.25, 0.3) is 0 Å². The van der Waals surface area contributed by atoms with E-state index in [9.17, 15) is 4.79 Å². The van der Waals surface area contributed by atoms with Crippen LogP contribution < -0.4 is 0 Å². The minimum Gasteiger partial charge on any atom is -0.463 e. The van der Waals surface area contributed by atoms with Gasteiger partial charge in [-0.1, -0.05) is 42.5 Å². The quantitative estimate of drug-likeness (QED) is 0.799. The average Bonchev–Trinajstić information content (AvgIpc) is 2.49. The monoisotopic (exact) mass is 309 g/mol. The van der Waals surface area contributed by atoms with Gasteiger partial charge in [0.25, 0.3) is 0 Å². The molecule has 0 amide bonds. The molecule has 2 heteroatoms. The summed E-state index contributed by atoms with van der Waals surface area (Å²) in [6.45, 7) is 3.02. The Balaban J connectivity index is 1.89. The molecule has 4 aliphatic carbocycles. The standard InChI is InChI=1S/C21H24O2/c1-15(23-16(2)22)13-21-14-19-8-7-17-3-5-18(6-4-17)9-11-20(21)12-10-19/h3-6,10,12,14-15H,7-9,11,13H2,1-2H3/i15D. The normalized spacial score (nSPS) is 16.9. The molecule has 2 aromatic rings. The van der Waals surface area contributed by atoms with Crippen LogP contribution in [0.5, 0.6) is 0 Å². The van der Waals surface area contributed by atoms with Crippen LogP contribution in [-0.4, -0.2) is 12.0 Å². The summed E-state index contributed by atoms with van der Waals surface area (Å²) in [6.07, 6.45) is 3.11. The van der Waals surface area contributed by atoms with Crippen molar-refractivity contribution < 1.29 is 10.9 Å². The lowest BCUT2D eigenvalue weighted by Gasteiger charge is -2.17. The lowest BCUT2D eigenvalue weighted by Crippen LogP contribution is -2.16. The summed E-state index contributed by atoms with van der Waals surface area (Å²) in [5.74, 6) is -0.404. The van der Waals surface area contributed by atoms with Gasteiger partial charge in [0.15, 0.2) is 0 Å². The maximum Gasteiger partial charge on any atom is 0.302 e. The van der Waals surface area contributed by atoms with E-state index in [-0.39, 0.29) is 0 Å². The second-order valence-corrected chi connectivity index (χ2v) is 6.39. The van der Waals surface area contributed by atoms with Gasteiger partial charge < -0.3 is 4.74 Å². The predicted molar refractivity (Wildman–Crippen MR) is 92.6 cm³/mol. The molecular weight excluding hydrogens is 284 g/mol. The van der Waals surface area contributed by atoms with Crippen molar-refractivity contribution in [2.24, 2.45) is 0 Å². The van der Waals surface area contributed by atoms with E-state index in [0.717, 1.165) is 31.2 Å². The first-order valence-corrected chi connectivity index (χ1v) is 8.29. The molecule has 0 aromatic heterocycles. The summed E-state index contributed by atoms with van der Waals surface area (Å²) in [5.41, 5.74) is 6.34. The highest BCUT2D eigenvalue weighted by atomic mass is 16.5. The predicted octanol–water partition coefficient (Wildman–Crippen LogP) is 4.06. The van der Waals surface area contributed by atoms with Gasteiger partial charge in [-0.2, -0.15) is 0 Å². The number of rotatable bonds is 3. The van der Waals surface area contributed by atoms with Gasteiger partial charge in [0.2, 0.25) is 0 Å². The van der Waals surface area contributed by atoms with Crippen LogP contribution >= 0.6 is 0 Å². The molecule has 6 rings (SSSR count). The van der Waals surface area contributed by atoms with Crippen molar-refractivity contribution in [3.05, 3.63) is 70.3 Å². The number of benzene rings is 2. The van der Waals surface area contributed by atoms with Gasteiger partial charge in [-0.05, 0) is 60.4 Å². The van der Waals surface area contributed by atoms with Crippen molar-refractivity contribution in [1.82, 2.24) is 0 Å². The molecule has 2 aromatic carbocycles. The van der Waals surface area contributed by atoms with E-state index in [1.165, 1.54) is 29.2 Å². The van der Waals surface area contributed by atoms with E-state index in [1.807, 2.05) is 0 Å². The SMILES string of the molecule is [2H]C(C)(Cc1cc2ccc1CCc1ccc(cc1)CC2)OC(C)=O. The Morgan fingerprint density at radius 2 is 1.61 bits per heavy atom. The highest BCUT2D eigenvalue weighted by molar-refractivity contribution is 5.66. The first-order valence-electron chi connectivity index (χ1n) is 8.79. The fraction of sp³-hybridized carbons (Fsp3) is 0.381. The van der Waals surface area contributed by atoms with Crippen LogP contribution in [0.3, 0.4) is 0 Å². The molecule has 1 unspecified atom stereocenters. The van der Waals surface area contributed by atoms with E-state index in [4.69, 9.17) is 6.11 Å². The molecule has 0 saturated heterocycles. The van der Waals surface area contributed by atoms with E-state index in [2.05, 4.69) is 42.5 Å². The third kappa shape index (κ3) is 4.22. The molecule has 0 aliphatic heterocycles. The Morgan fingerprint density at radius 1 is 1.04 bits per heavy atom. The Morgan fingerprint density at radius 3 is 2.26 bits per heavy atom. The largest absolute Gasteiger partial charge is 0.463 e. The lowest BCUT2D eigenvalue weighted by atomic mass is 9.91. The summed E-state index contributed by atoms with van der Waals surface area (Å²) in [5, 5.41) is 0. The number of esters is 1. The average molecular weight is 309 g/mol. The number of aryl methyl sites for hydroxylation is 4. The van der Waals surface area contributed by atoms with Gasteiger partial charge in [0.1, 0.15) is 6.08 Å². The van der Waals surface area contributed by atoms with Gasteiger partial charge in [-0.15, -0.1) is 0 Å². The summed E-state index contributed by atoms with van der Waals surface area (Å²) in [4.78, 5) is 11.2. The summed E-state index contributed by atoms with van der Waals surface area (Å²) in [6, 6.07) is 15.5. The molecule has 0 saturated carbocycles.